The zero-order valence-electron chi connectivity index (χ0n) is 17.6. The lowest BCUT2D eigenvalue weighted by molar-refractivity contribution is -0.671. The molecule has 0 saturated carbocycles. The number of rotatable bonds is 5. The average Bonchev–Trinajstić information content (AvgIpc) is 3.24. The molecule has 6 nitrogen and oxygen atoms in total. The molecule has 5 aromatic rings. The van der Waals surface area contributed by atoms with Crippen LogP contribution in [0.25, 0.3) is 16.8 Å². The Morgan fingerprint density at radius 2 is 1.79 bits per heavy atom. The third kappa shape index (κ3) is 4.20. The minimum atomic E-state index is -0.346. The summed E-state index contributed by atoms with van der Waals surface area (Å²) in [5.74, 6) is 1.05. The number of thiazole rings is 1. The zero-order valence-corrected chi connectivity index (χ0v) is 19.2. The topological polar surface area (TPSA) is 67.7 Å². The summed E-state index contributed by atoms with van der Waals surface area (Å²) in [7, 11) is 0. The first kappa shape index (κ1) is 21.2. The first-order chi connectivity index (χ1) is 16.0. The van der Waals surface area contributed by atoms with Crippen molar-refractivity contribution in [1.29, 1.82) is 0 Å². The molecule has 1 N–H and O–H groups in total. The van der Waals surface area contributed by atoms with E-state index in [0.717, 1.165) is 10.4 Å². The van der Waals surface area contributed by atoms with Gasteiger partial charge in [-0.15, -0.1) is 11.3 Å². The molecule has 2 aromatic carbocycles. The molecular weight excluding hydrogens is 458 g/mol. The lowest BCUT2D eigenvalue weighted by Crippen LogP contribution is -2.41. The summed E-state index contributed by atoms with van der Waals surface area (Å²) >= 11 is 7.33. The maximum atomic E-state index is 13.5. The lowest BCUT2D eigenvalue weighted by Gasteiger charge is -2.11. The van der Waals surface area contributed by atoms with Crippen LogP contribution in [0, 0.1) is 6.92 Å². The second-order valence-electron chi connectivity index (χ2n) is 7.54. The van der Waals surface area contributed by atoms with Crippen LogP contribution in [0.5, 0.6) is 17.4 Å². The second kappa shape index (κ2) is 8.69. The van der Waals surface area contributed by atoms with Crippen molar-refractivity contribution in [3.8, 4) is 28.5 Å². The SMILES string of the molecule is Cc1ccc(Oc2ccc3n(c2)c(=O)c(-c2ccccc2)c(O)[n+]3Cc2cnc(Cl)s2)cc1. The fourth-order valence-electron chi connectivity index (χ4n) is 3.64. The minimum absolute atomic E-state index is 0.122. The van der Waals surface area contributed by atoms with Crippen LogP contribution in [0.2, 0.25) is 4.47 Å². The van der Waals surface area contributed by atoms with E-state index < -0.39 is 0 Å². The van der Waals surface area contributed by atoms with Crippen molar-refractivity contribution in [2.45, 2.75) is 13.5 Å². The molecule has 0 radical (unpaired) electrons. The number of hydrogen-bond donors (Lipinski definition) is 1. The number of benzene rings is 2. The van der Waals surface area contributed by atoms with Crippen LogP contribution < -0.4 is 14.9 Å². The molecule has 0 bridgehead atoms. The Morgan fingerprint density at radius 1 is 1.06 bits per heavy atom. The molecule has 3 aromatic heterocycles. The van der Waals surface area contributed by atoms with Gasteiger partial charge in [-0.2, -0.15) is 8.97 Å². The number of pyridine rings is 1. The monoisotopic (exact) mass is 476 g/mol. The average molecular weight is 477 g/mol. The van der Waals surface area contributed by atoms with Gasteiger partial charge in [0.1, 0.15) is 18.5 Å². The Kier molecular flexibility index (Phi) is 5.58. The Hall–Kier alpha value is -3.68. The van der Waals surface area contributed by atoms with Gasteiger partial charge >= 0.3 is 5.56 Å². The highest BCUT2D eigenvalue weighted by atomic mass is 35.5. The number of ether oxygens (including phenoxy) is 1. The largest absolute Gasteiger partial charge is 0.477 e. The van der Waals surface area contributed by atoms with Crippen LogP contribution in [0.15, 0.2) is 83.9 Å². The summed E-state index contributed by atoms with van der Waals surface area (Å²) in [4.78, 5) is 18.4. The van der Waals surface area contributed by atoms with Crippen LogP contribution in [-0.2, 0) is 6.54 Å². The van der Waals surface area contributed by atoms with E-state index in [1.165, 1.54) is 15.7 Å². The van der Waals surface area contributed by atoms with Gasteiger partial charge in [-0.25, -0.2) is 9.78 Å². The van der Waals surface area contributed by atoms with Gasteiger partial charge in [-0.3, -0.25) is 0 Å². The van der Waals surface area contributed by atoms with Gasteiger partial charge in [-0.05, 0) is 30.7 Å². The van der Waals surface area contributed by atoms with E-state index in [1.54, 1.807) is 41.2 Å². The van der Waals surface area contributed by atoms with Gasteiger partial charge in [-0.1, -0.05) is 59.6 Å². The van der Waals surface area contributed by atoms with Gasteiger partial charge in [0.25, 0.3) is 11.5 Å². The molecule has 0 aliphatic carbocycles. The lowest BCUT2D eigenvalue weighted by atomic mass is 10.1. The molecule has 0 saturated heterocycles. The van der Waals surface area contributed by atoms with Crippen LogP contribution >= 0.6 is 22.9 Å². The number of aromatic nitrogens is 3. The highest BCUT2D eigenvalue weighted by Gasteiger charge is 2.26. The van der Waals surface area contributed by atoms with Crippen molar-refractivity contribution in [3.05, 3.63) is 104 Å². The Labute approximate surface area is 198 Å². The number of halogens is 1. The van der Waals surface area contributed by atoms with Gasteiger partial charge in [0.05, 0.1) is 4.88 Å². The molecule has 0 aliphatic heterocycles. The van der Waals surface area contributed by atoms with Crippen molar-refractivity contribution < 1.29 is 14.4 Å². The van der Waals surface area contributed by atoms with E-state index in [1.807, 2.05) is 49.4 Å². The van der Waals surface area contributed by atoms with Crippen molar-refractivity contribution in [1.82, 2.24) is 9.38 Å². The molecule has 3 heterocycles. The molecule has 0 spiro atoms. The predicted octanol–water partition coefficient (Wildman–Crippen LogP) is 5.22. The van der Waals surface area contributed by atoms with E-state index >= 15 is 0 Å². The molecule has 8 heteroatoms. The van der Waals surface area contributed by atoms with Crippen LogP contribution in [0.1, 0.15) is 10.4 Å². The van der Waals surface area contributed by atoms with Crippen molar-refractivity contribution in [2.75, 3.05) is 0 Å². The Bertz CT molecular complexity index is 1510. The van der Waals surface area contributed by atoms with Crippen LogP contribution in [0.4, 0.5) is 0 Å². The van der Waals surface area contributed by atoms with E-state index in [2.05, 4.69) is 4.98 Å². The normalized spacial score (nSPS) is 11.1. The molecule has 0 amide bonds. The fourth-order valence-corrected chi connectivity index (χ4v) is 4.61. The molecule has 0 aliphatic rings. The van der Waals surface area contributed by atoms with Gasteiger partial charge in [0, 0.05) is 12.3 Å². The molecule has 0 unspecified atom stereocenters. The number of fused-ring (bicyclic) bond motifs is 1. The maximum absolute atomic E-state index is 13.5. The Morgan fingerprint density at radius 3 is 2.48 bits per heavy atom. The molecular formula is C25H19ClN3O3S+. The summed E-state index contributed by atoms with van der Waals surface area (Å²) < 4.78 is 9.56. The zero-order chi connectivity index (χ0) is 22.9. The van der Waals surface area contributed by atoms with Crippen molar-refractivity contribution >= 4 is 28.6 Å². The number of hydrogen-bond acceptors (Lipinski definition) is 5. The van der Waals surface area contributed by atoms with Crippen LogP contribution in [0.3, 0.4) is 0 Å². The summed E-state index contributed by atoms with van der Waals surface area (Å²) in [6, 6.07) is 20.3. The predicted molar refractivity (Wildman–Crippen MR) is 128 cm³/mol. The smallest absolute Gasteiger partial charge is 0.354 e. The van der Waals surface area contributed by atoms with E-state index in [9.17, 15) is 9.90 Å². The first-order valence-electron chi connectivity index (χ1n) is 10.2. The molecule has 33 heavy (non-hydrogen) atoms. The van der Waals surface area contributed by atoms with E-state index in [0.29, 0.717) is 33.7 Å². The molecule has 164 valence electrons. The highest BCUT2D eigenvalue weighted by Crippen LogP contribution is 2.27. The van der Waals surface area contributed by atoms with E-state index in [-0.39, 0.29) is 17.0 Å². The van der Waals surface area contributed by atoms with Crippen molar-refractivity contribution in [2.24, 2.45) is 0 Å². The number of nitrogens with zero attached hydrogens (tertiary/aromatic N) is 3. The van der Waals surface area contributed by atoms with E-state index in [4.69, 9.17) is 16.3 Å². The maximum Gasteiger partial charge on any atom is 0.354 e. The molecule has 0 atom stereocenters. The summed E-state index contributed by atoms with van der Waals surface area (Å²) in [5.41, 5.74) is 2.12. The third-order valence-corrected chi connectivity index (χ3v) is 6.35. The standard InChI is InChI=1S/C25H18ClN3O3S/c1-16-7-9-18(10-8-16)32-19-11-12-21-28(14-19)23(30)22(17-5-3-2-4-6-17)24(31)29(21)15-20-13-27-25(26)33-20/h2-14H,15H2,1H3/p+1. The first-order valence-corrected chi connectivity index (χ1v) is 11.4. The number of aryl methyl sites for hydroxylation is 1. The fraction of sp³-hybridized carbons (Fsp3) is 0.0800. The van der Waals surface area contributed by atoms with Gasteiger partial charge in [0.2, 0.25) is 0 Å². The quantitative estimate of drug-likeness (QED) is 0.353. The van der Waals surface area contributed by atoms with Gasteiger partial charge < -0.3 is 9.84 Å². The molecule has 5 rings (SSSR count). The van der Waals surface area contributed by atoms with Crippen LogP contribution in [-0.4, -0.2) is 14.5 Å². The summed E-state index contributed by atoms with van der Waals surface area (Å²) in [6.45, 7) is 2.31. The Balaban J connectivity index is 1.70. The van der Waals surface area contributed by atoms with Gasteiger partial charge in [0.15, 0.2) is 15.8 Å². The summed E-state index contributed by atoms with van der Waals surface area (Å²) in [6.07, 6.45) is 3.30. The minimum Gasteiger partial charge on any atom is -0.477 e. The summed E-state index contributed by atoms with van der Waals surface area (Å²) in [5, 5.41) is 11.2. The molecule has 0 fully saturated rings. The van der Waals surface area contributed by atoms with Crippen molar-refractivity contribution in [3.63, 3.8) is 0 Å². The second-order valence-corrected chi connectivity index (χ2v) is 9.24. The third-order valence-electron chi connectivity index (χ3n) is 5.25. The highest BCUT2D eigenvalue weighted by molar-refractivity contribution is 7.15. The number of aromatic hydroxyl groups is 1.